The van der Waals surface area contributed by atoms with Crippen molar-refractivity contribution in [3.63, 3.8) is 0 Å². The molecule has 2 aromatic heterocycles. The van der Waals surface area contributed by atoms with Gasteiger partial charge >= 0.3 is 0 Å². The second kappa shape index (κ2) is 9.68. The number of hydrogen-bond acceptors (Lipinski definition) is 4. The normalized spacial score (nSPS) is 11.3. The Labute approximate surface area is 250 Å². The van der Waals surface area contributed by atoms with E-state index in [1.54, 1.807) is 11.3 Å². The summed E-state index contributed by atoms with van der Waals surface area (Å²) in [6.45, 7) is 0. The van der Waals surface area contributed by atoms with Crippen LogP contribution in [-0.4, -0.2) is 0 Å². The summed E-state index contributed by atoms with van der Waals surface area (Å²) in [5.41, 5.74) is 7.88. The molecule has 2 heterocycles. The Morgan fingerprint density at radius 3 is 1.90 bits per heavy atom. The van der Waals surface area contributed by atoms with Crippen LogP contribution in [-0.2, 0) is 0 Å². The molecule has 6 aromatic carbocycles. The molecule has 8 rings (SSSR count). The predicted molar refractivity (Wildman–Crippen MR) is 178 cm³/mol. The quantitative estimate of drug-likeness (QED) is 0.213. The van der Waals surface area contributed by atoms with Crippen LogP contribution in [0.5, 0.6) is 0 Å². The number of thiophene rings is 2. The molecule has 0 aliphatic rings. The molecule has 0 fully saturated rings. The second-order valence-corrected chi connectivity index (χ2v) is 12.6. The van der Waals surface area contributed by atoms with Crippen LogP contribution in [0.4, 0.5) is 0 Å². The summed E-state index contributed by atoms with van der Waals surface area (Å²) in [6, 6.07) is 46.9. The van der Waals surface area contributed by atoms with Gasteiger partial charge in [-0.3, -0.25) is 0 Å². The van der Waals surface area contributed by atoms with Crippen molar-refractivity contribution in [1.29, 1.82) is 10.5 Å². The van der Waals surface area contributed by atoms with Crippen LogP contribution in [0.25, 0.3) is 73.7 Å². The summed E-state index contributed by atoms with van der Waals surface area (Å²) < 4.78 is 4.94. The molecule has 0 N–H and O–H groups in total. The zero-order valence-corrected chi connectivity index (χ0v) is 23.9. The van der Waals surface area contributed by atoms with Crippen LogP contribution in [0.3, 0.4) is 0 Å². The molecule has 0 aliphatic carbocycles. The maximum absolute atomic E-state index is 9.62. The van der Waals surface area contributed by atoms with Crippen molar-refractivity contribution < 1.29 is 0 Å². The molecule has 0 radical (unpaired) electrons. The molecule has 0 unspecified atom stereocenters. The van der Waals surface area contributed by atoms with E-state index in [9.17, 15) is 10.5 Å². The van der Waals surface area contributed by atoms with Gasteiger partial charge in [0.2, 0.25) is 0 Å². The van der Waals surface area contributed by atoms with Gasteiger partial charge in [0.25, 0.3) is 0 Å². The van der Waals surface area contributed by atoms with E-state index in [4.69, 9.17) is 0 Å². The van der Waals surface area contributed by atoms with E-state index >= 15 is 0 Å². The van der Waals surface area contributed by atoms with Crippen LogP contribution in [0.1, 0.15) is 11.1 Å². The highest BCUT2D eigenvalue weighted by Gasteiger charge is 2.15. The average Bonchev–Trinajstić information content (AvgIpc) is 3.62. The largest absolute Gasteiger partial charge is 0.192 e. The highest BCUT2D eigenvalue weighted by atomic mass is 32.1. The number of rotatable bonds is 3. The Hall–Kier alpha value is -5.26. The van der Waals surface area contributed by atoms with E-state index in [-0.39, 0.29) is 0 Å². The van der Waals surface area contributed by atoms with E-state index < -0.39 is 0 Å². The topological polar surface area (TPSA) is 47.6 Å². The maximum atomic E-state index is 9.62. The van der Waals surface area contributed by atoms with E-state index in [0.29, 0.717) is 11.1 Å². The molecule has 0 bridgehead atoms. The Kier molecular flexibility index (Phi) is 5.66. The molecule has 2 nitrogen and oxygen atoms in total. The molecule has 0 spiro atoms. The first-order chi connectivity index (χ1) is 20.7. The lowest BCUT2D eigenvalue weighted by atomic mass is 9.91. The van der Waals surface area contributed by atoms with Crippen LogP contribution >= 0.6 is 22.7 Å². The van der Waals surface area contributed by atoms with Gasteiger partial charge in [0, 0.05) is 40.3 Å². The highest BCUT2D eigenvalue weighted by Crippen LogP contribution is 2.43. The highest BCUT2D eigenvalue weighted by molar-refractivity contribution is 7.26. The van der Waals surface area contributed by atoms with E-state index in [0.717, 1.165) is 38.8 Å². The summed E-state index contributed by atoms with van der Waals surface area (Å²) in [5.74, 6) is 0. The van der Waals surface area contributed by atoms with Crippen LogP contribution in [0.15, 0.2) is 121 Å². The zero-order chi connectivity index (χ0) is 28.2. The summed E-state index contributed by atoms with van der Waals surface area (Å²) in [5, 5.41) is 24.0. The minimum absolute atomic E-state index is 0.639. The lowest BCUT2D eigenvalue weighted by Crippen LogP contribution is -1.88. The van der Waals surface area contributed by atoms with E-state index in [1.807, 2.05) is 41.7 Å². The lowest BCUT2D eigenvalue weighted by Gasteiger charge is -2.13. The Morgan fingerprint density at radius 1 is 0.405 bits per heavy atom. The standard InChI is InChI=1S/C38H20N2S2/c39-21-23-5-3-6-25(15-23)27-17-28(26-12-14-35-32(20-26)31-7-1-2-9-34(31)41-35)19-29(18-27)30-8-4-10-37-38(30)33-16-24(22-40)11-13-36(33)42-37/h1-20H. The van der Waals surface area contributed by atoms with Crippen molar-refractivity contribution in [1.82, 2.24) is 0 Å². The molecule has 0 saturated heterocycles. The van der Waals surface area contributed by atoms with Gasteiger partial charge in [0.05, 0.1) is 23.3 Å². The second-order valence-electron chi connectivity index (χ2n) is 10.4. The van der Waals surface area contributed by atoms with Gasteiger partial charge in [-0.15, -0.1) is 22.7 Å². The molecule has 194 valence electrons. The molecule has 0 amide bonds. The van der Waals surface area contributed by atoms with Crippen molar-refractivity contribution >= 4 is 63.0 Å². The number of nitriles is 2. The van der Waals surface area contributed by atoms with E-state index in [2.05, 4.69) is 103 Å². The van der Waals surface area contributed by atoms with Crippen molar-refractivity contribution in [2.45, 2.75) is 0 Å². The smallest absolute Gasteiger partial charge is 0.0991 e. The summed E-state index contributed by atoms with van der Waals surface area (Å²) in [4.78, 5) is 0. The number of hydrogen-bond donors (Lipinski definition) is 0. The molecule has 0 atom stereocenters. The van der Waals surface area contributed by atoms with Gasteiger partial charge in [-0.05, 0) is 106 Å². The summed E-state index contributed by atoms with van der Waals surface area (Å²) >= 11 is 3.58. The molecule has 4 heteroatoms. The number of benzene rings is 6. The first-order valence-electron chi connectivity index (χ1n) is 13.6. The number of nitrogens with zero attached hydrogens (tertiary/aromatic N) is 2. The van der Waals surface area contributed by atoms with E-state index in [1.165, 1.54) is 35.0 Å². The third-order valence-corrected chi connectivity index (χ3v) is 10.2. The van der Waals surface area contributed by atoms with Crippen molar-refractivity contribution in [2.24, 2.45) is 0 Å². The third-order valence-electron chi connectivity index (χ3n) is 7.90. The molecule has 0 saturated carbocycles. The summed E-state index contributed by atoms with van der Waals surface area (Å²) in [7, 11) is 0. The fraction of sp³-hybridized carbons (Fsp3) is 0. The van der Waals surface area contributed by atoms with Crippen molar-refractivity contribution in [2.75, 3.05) is 0 Å². The van der Waals surface area contributed by atoms with Gasteiger partial charge in [0.15, 0.2) is 0 Å². The molecule has 42 heavy (non-hydrogen) atoms. The minimum Gasteiger partial charge on any atom is -0.192 e. The predicted octanol–water partition coefficient (Wildman–Crippen LogP) is 11.2. The van der Waals surface area contributed by atoms with Gasteiger partial charge in [0.1, 0.15) is 0 Å². The van der Waals surface area contributed by atoms with Crippen LogP contribution in [0, 0.1) is 22.7 Å². The maximum Gasteiger partial charge on any atom is 0.0991 e. The third kappa shape index (κ3) is 3.98. The van der Waals surface area contributed by atoms with Crippen molar-refractivity contribution in [3.05, 3.63) is 132 Å². The Morgan fingerprint density at radius 2 is 1.05 bits per heavy atom. The zero-order valence-electron chi connectivity index (χ0n) is 22.3. The van der Waals surface area contributed by atoms with Gasteiger partial charge in [-0.1, -0.05) is 48.5 Å². The van der Waals surface area contributed by atoms with Gasteiger partial charge in [-0.2, -0.15) is 10.5 Å². The fourth-order valence-corrected chi connectivity index (χ4v) is 8.13. The van der Waals surface area contributed by atoms with Crippen LogP contribution < -0.4 is 0 Å². The van der Waals surface area contributed by atoms with Gasteiger partial charge in [-0.25, -0.2) is 0 Å². The summed E-state index contributed by atoms with van der Waals surface area (Å²) in [6.07, 6.45) is 0. The molecule has 0 aliphatic heterocycles. The first-order valence-corrected chi connectivity index (χ1v) is 15.2. The number of fused-ring (bicyclic) bond motifs is 6. The van der Waals surface area contributed by atoms with Gasteiger partial charge < -0.3 is 0 Å². The minimum atomic E-state index is 0.639. The Balaban J connectivity index is 1.41. The molecular formula is C38H20N2S2. The SMILES string of the molecule is N#Cc1cccc(-c2cc(-c3ccc4sc5ccccc5c4c3)cc(-c3cccc4sc5ccc(C#N)cc5c34)c2)c1. The van der Waals surface area contributed by atoms with Crippen LogP contribution in [0.2, 0.25) is 0 Å². The fourth-order valence-electron chi connectivity index (χ4n) is 5.93. The Bertz CT molecular complexity index is 2450. The average molecular weight is 569 g/mol. The monoisotopic (exact) mass is 568 g/mol. The molecule has 8 aromatic rings. The van der Waals surface area contributed by atoms with Crippen molar-refractivity contribution in [3.8, 4) is 45.5 Å². The molecular weight excluding hydrogens is 549 g/mol. The lowest BCUT2D eigenvalue weighted by molar-refractivity contribution is 1.48. The first kappa shape index (κ1) is 24.5.